The van der Waals surface area contributed by atoms with Gasteiger partial charge in [0.05, 0.1) is 17.2 Å². The topological polar surface area (TPSA) is 70.9 Å². The molecule has 1 aliphatic heterocycles. The number of allylic oxidation sites excluding steroid dienone is 4. The van der Waals surface area contributed by atoms with Crippen molar-refractivity contribution in [3.05, 3.63) is 83.2 Å². The van der Waals surface area contributed by atoms with Crippen molar-refractivity contribution in [2.24, 2.45) is 0 Å². The highest BCUT2D eigenvalue weighted by atomic mass is 16.5. The average molecular weight is 357 g/mol. The van der Waals surface area contributed by atoms with Gasteiger partial charge >= 0.3 is 0 Å². The minimum atomic E-state index is 0.590. The second kappa shape index (κ2) is 7.38. The summed E-state index contributed by atoms with van der Waals surface area (Å²) in [5.41, 5.74) is 5.22. The van der Waals surface area contributed by atoms with Gasteiger partial charge in [-0.3, -0.25) is 5.10 Å². The van der Waals surface area contributed by atoms with Gasteiger partial charge in [0.2, 0.25) is 0 Å². The van der Waals surface area contributed by atoms with Crippen LogP contribution in [0.1, 0.15) is 36.1 Å². The van der Waals surface area contributed by atoms with Gasteiger partial charge in [-0.15, -0.1) is 0 Å². The molecule has 0 amide bonds. The van der Waals surface area contributed by atoms with Crippen LogP contribution in [-0.2, 0) is 9.47 Å². The maximum Gasteiger partial charge on any atom is 0.173 e. The van der Waals surface area contributed by atoms with Crippen molar-refractivity contribution in [3.8, 4) is 17.3 Å². The third-order valence-corrected chi connectivity index (χ3v) is 4.58. The lowest BCUT2D eigenvalue weighted by atomic mass is 10.0. The minimum Gasteiger partial charge on any atom is -0.465 e. The van der Waals surface area contributed by atoms with Crippen molar-refractivity contribution in [1.82, 2.24) is 10.2 Å². The molecule has 1 aliphatic carbocycles. The summed E-state index contributed by atoms with van der Waals surface area (Å²) in [5.74, 6) is 1.38. The zero-order valence-electron chi connectivity index (χ0n) is 15.0. The number of ether oxygens (including phenoxy) is 2. The molecule has 0 unspecified atom stereocenters. The highest BCUT2D eigenvalue weighted by Gasteiger charge is 2.22. The van der Waals surface area contributed by atoms with E-state index in [0.717, 1.165) is 47.5 Å². The van der Waals surface area contributed by atoms with Gasteiger partial charge in [0.15, 0.2) is 5.76 Å². The van der Waals surface area contributed by atoms with Crippen LogP contribution in [0, 0.1) is 18.3 Å². The smallest absolute Gasteiger partial charge is 0.173 e. The van der Waals surface area contributed by atoms with Crippen molar-refractivity contribution < 1.29 is 9.47 Å². The van der Waals surface area contributed by atoms with Gasteiger partial charge in [-0.05, 0) is 31.9 Å². The third-order valence-electron chi connectivity index (χ3n) is 4.58. The number of aromatic nitrogens is 2. The van der Waals surface area contributed by atoms with Crippen molar-refractivity contribution >= 4 is 5.76 Å². The summed E-state index contributed by atoms with van der Waals surface area (Å²) < 4.78 is 11.7. The fourth-order valence-corrected chi connectivity index (χ4v) is 3.25. The van der Waals surface area contributed by atoms with E-state index in [-0.39, 0.29) is 0 Å². The summed E-state index contributed by atoms with van der Waals surface area (Å²) >= 11 is 0. The Hall–Kier alpha value is -3.52. The molecule has 0 bridgehead atoms. The highest BCUT2D eigenvalue weighted by Crippen LogP contribution is 2.35. The lowest BCUT2D eigenvalue weighted by Crippen LogP contribution is -2.03. The first kappa shape index (κ1) is 16.9. The molecule has 0 spiro atoms. The van der Waals surface area contributed by atoms with E-state index in [9.17, 15) is 5.26 Å². The van der Waals surface area contributed by atoms with Crippen molar-refractivity contribution in [3.63, 3.8) is 0 Å². The van der Waals surface area contributed by atoms with E-state index in [1.54, 1.807) is 18.6 Å². The summed E-state index contributed by atoms with van der Waals surface area (Å²) in [6.45, 7) is 1.94. The van der Waals surface area contributed by atoms with Gasteiger partial charge in [0.25, 0.3) is 0 Å². The maximum absolute atomic E-state index is 9.17. The number of hydrogen-bond acceptors (Lipinski definition) is 4. The monoisotopic (exact) mass is 357 g/mol. The van der Waals surface area contributed by atoms with E-state index in [1.165, 1.54) is 5.57 Å². The number of nitriles is 1. The van der Waals surface area contributed by atoms with Gasteiger partial charge in [0.1, 0.15) is 24.0 Å². The average Bonchev–Trinajstić information content (AvgIpc) is 3.10. The van der Waals surface area contributed by atoms with Crippen molar-refractivity contribution in [2.45, 2.75) is 26.2 Å². The molecule has 2 aromatic rings. The van der Waals surface area contributed by atoms with Crippen LogP contribution < -0.4 is 0 Å². The molecule has 1 aromatic carbocycles. The van der Waals surface area contributed by atoms with Crippen LogP contribution >= 0.6 is 0 Å². The minimum absolute atomic E-state index is 0.590. The van der Waals surface area contributed by atoms with Crippen LogP contribution in [-0.4, -0.2) is 10.2 Å². The summed E-state index contributed by atoms with van der Waals surface area (Å²) in [4.78, 5) is 0. The molecule has 0 saturated carbocycles. The maximum atomic E-state index is 9.17. The largest absolute Gasteiger partial charge is 0.465 e. The van der Waals surface area contributed by atoms with E-state index in [4.69, 9.17) is 9.47 Å². The number of aromatic amines is 1. The van der Waals surface area contributed by atoms with Crippen LogP contribution in [0.25, 0.3) is 17.0 Å². The Labute approximate surface area is 157 Å². The fraction of sp³-hybridized carbons (Fsp3) is 0.182. The summed E-state index contributed by atoms with van der Waals surface area (Å²) in [7, 11) is 0. The van der Waals surface area contributed by atoms with E-state index < -0.39 is 0 Å². The third kappa shape index (κ3) is 3.56. The molecule has 2 aliphatic rings. The zero-order chi connectivity index (χ0) is 18.6. The predicted octanol–water partition coefficient (Wildman–Crippen LogP) is 5.11. The number of benzene rings is 1. The molecule has 4 rings (SSSR count). The Kier molecular flexibility index (Phi) is 4.63. The van der Waals surface area contributed by atoms with Crippen LogP contribution in [0.4, 0.5) is 0 Å². The second-order valence-electron chi connectivity index (χ2n) is 6.54. The lowest BCUT2D eigenvalue weighted by Gasteiger charge is -2.19. The van der Waals surface area contributed by atoms with E-state index in [0.29, 0.717) is 11.3 Å². The number of H-pyrrole nitrogens is 1. The molecule has 134 valence electrons. The molecule has 5 heteroatoms. The molecule has 0 saturated heterocycles. The molecule has 2 heterocycles. The van der Waals surface area contributed by atoms with Crippen LogP contribution in [0.15, 0.2) is 66.3 Å². The first-order valence-corrected chi connectivity index (χ1v) is 8.87. The normalized spacial score (nSPS) is 15.8. The van der Waals surface area contributed by atoms with Crippen LogP contribution in [0.2, 0.25) is 0 Å². The SMILES string of the molecule is Cc1[nH]nc(-c2cccc(C#N)c2)c1C1=COC=C(CC2=CC=CCC2)O1. The standard InChI is InChI=1S/C22H19N3O2/c1-15-21(22(25-24-15)18-9-5-8-17(10-18)12-23)20-14-26-13-19(27-20)11-16-6-3-2-4-7-16/h2-3,5-6,8-10,13-14H,4,7,11H2,1H3,(H,24,25). The van der Waals surface area contributed by atoms with Crippen LogP contribution in [0.5, 0.6) is 0 Å². The van der Waals surface area contributed by atoms with Gasteiger partial charge in [-0.25, -0.2) is 0 Å². The molecule has 0 fully saturated rings. The lowest BCUT2D eigenvalue weighted by molar-refractivity contribution is 0.273. The molecule has 1 N–H and O–H groups in total. The number of rotatable bonds is 4. The molecule has 0 atom stereocenters. The fourth-order valence-electron chi connectivity index (χ4n) is 3.25. The van der Waals surface area contributed by atoms with Crippen LogP contribution in [0.3, 0.4) is 0 Å². The predicted molar refractivity (Wildman–Crippen MR) is 103 cm³/mol. The Morgan fingerprint density at radius 3 is 3.04 bits per heavy atom. The van der Waals surface area contributed by atoms with Gasteiger partial charge in [-0.1, -0.05) is 35.9 Å². The van der Waals surface area contributed by atoms with E-state index in [1.807, 2.05) is 25.1 Å². The number of hydrogen-bond donors (Lipinski definition) is 1. The van der Waals surface area contributed by atoms with Gasteiger partial charge < -0.3 is 9.47 Å². The quantitative estimate of drug-likeness (QED) is 0.825. The molecule has 27 heavy (non-hydrogen) atoms. The summed E-state index contributed by atoms with van der Waals surface area (Å²) in [5, 5.41) is 16.6. The number of nitrogens with one attached hydrogen (secondary N) is 1. The Bertz CT molecular complexity index is 1030. The molecule has 0 radical (unpaired) electrons. The van der Waals surface area contributed by atoms with Crippen molar-refractivity contribution in [2.75, 3.05) is 0 Å². The molecule has 5 nitrogen and oxygen atoms in total. The Balaban J connectivity index is 1.61. The highest BCUT2D eigenvalue weighted by molar-refractivity contribution is 5.78. The Morgan fingerprint density at radius 2 is 2.22 bits per heavy atom. The van der Waals surface area contributed by atoms with E-state index in [2.05, 4.69) is 34.5 Å². The first-order chi connectivity index (χ1) is 13.2. The summed E-state index contributed by atoms with van der Waals surface area (Å²) in [6, 6.07) is 9.54. The van der Waals surface area contributed by atoms with Gasteiger partial charge in [-0.2, -0.15) is 10.4 Å². The molecular formula is C22H19N3O2. The molecular weight excluding hydrogens is 338 g/mol. The number of nitrogens with zero attached hydrogens (tertiary/aromatic N) is 2. The molecule has 1 aromatic heterocycles. The first-order valence-electron chi connectivity index (χ1n) is 8.87. The van der Waals surface area contributed by atoms with Crippen molar-refractivity contribution in [1.29, 1.82) is 5.26 Å². The summed E-state index contributed by atoms with van der Waals surface area (Å²) in [6.07, 6.45) is 12.4. The number of aryl methyl sites for hydroxylation is 1. The second-order valence-corrected chi connectivity index (χ2v) is 6.54. The Morgan fingerprint density at radius 1 is 1.30 bits per heavy atom. The van der Waals surface area contributed by atoms with E-state index >= 15 is 0 Å². The van der Waals surface area contributed by atoms with Gasteiger partial charge in [0, 0.05) is 17.7 Å². The zero-order valence-corrected chi connectivity index (χ0v) is 15.0.